The topological polar surface area (TPSA) is 43.6 Å². The van der Waals surface area contributed by atoms with Gasteiger partial charge < -0.3 is 4.57 Å². The first kappa shape index (κ1) is 9.67. The summed E-state index contributed by atoms with van der Waals surface area (Å²) in [6, 6.07) is 3.83. The van der Waals surface area contributed by atoms with Crippen LogP contribution >= 0.6 is 27.7 Å². The summed E-state index contributed by atoms with van der Waals surface area (Å²) in [5.74, 6) is 0. The molecule has 0 aromatic carbocycles. The molecule has 0 saturated heterocycles. The third-order valence-corrected chi connectivity index (χ3v) is 3.56. The Bertz CT molecular complexity index is 442. The highest BCUT2D eigenvalue weighted by Gasteiger charge is 2.07. The van der Waals surface area contributed by atoms with Crippen molar-refractivity contribution >= 4 is 27.7 Å². The van der Waals surface area contributed by atoms with E-state index in [0.717, 1.165) is 14.7 Å². The molecule has 72 valence electrons. The highest BCUT2D eigenvalue weighted by atomic mass is 79.9. The summed E-state index contributed by atoms with van der Waals surface area (Å²) >= 11 is 4.90. The van der Waals surface area contributed by atoms with Gasteiger partial charge in [-0.25, -0.2) is 4.98 Å². The lowest BCUT2D eigenvalue weighted by Crippen LogP contribution is -1.89. The predicted octanol–water partition coefficient (Wildman–Crippen LogP) is 2.12. The maximum absolute atomic E-state index is 4.23. The molecule has 0 aliphatic rings. The van der Waals surface area contributed by atoms with E-state index in [1.54, 1.807) is 12.5 Å². The molecule has 0 fully saturated rings. The van der Waals surface area contributed by atoms with Crippen molar-refractivity contribution in [1.29, 1.82) is 0 Å². The van der Waals surface area contributed by atoms with Crippen LogP contribution < -0.4 is 0 Å². The first-order valence-corrected chi connectivity index (χ1v) is 5.50. The second kappa shape index (κ2) is 4.10. The number of nitrogens with zero attached hydrogens (tertiary/aromatic N) is 4. The van der Waals surface area contributed by atoms with E-state index < -0.39 is 0 Å². The van der Waals surface area contributed by atoms with Crippen molar-refractivity contribution in [2.24, 2.45) is 7.05 Å². The molecular weight excluding hydrogens is 264 g/mol. The molecule has 0 unspecified atom stereocenters. The number of rotatable bonds is 2. The van der Waals surface area contributed by atoms with Crippen LogP contribution in [0.5, 0.6) is 0 Å². The summed E-state index contributed by atoms with van der Waals surface area (Å²) in [6.07, 6.45) is 3.42. The van der Waals surface area contributed by atoms with Gasteiger partial charge in [0.1, 0.15) is 11.4 Å². The van der Waals surface area contributed by atoms with Crippen molar-refractivity contribution in [3.63, 3.8) is 0 Å². The van der Waals surface area contributed by atoms with Crippen molar-refractivity contribution in [1.82, 2.24) is 19.7 Å². The van der Waals surface area contributed by atoms with Gasteiger partial charge in [-0.05, 0) is 39.8 Å². The van der Waals surface area contributed by atoms with E-state index >= 15 is 0 Å². The van der Waals surface area contributed by atoms with Gasteiger partial charge in [0.15, 0.2) is 5.16 Å². The van der Waals surface area contributed by atoms with Crippen LogP contribution in [-0.4, -0.2) is 19.7 Å². The molecule has 0 N–H and O–H groups in total. The molecule has 0 atom stereocenters. The van der Waals surface area contributed by atoms with Crippen LogP contribution in [0.3, 0.4) is 0 Å². The van der Waals surface area contributed by atoms with Crippen LogP contribution in [0.15, 0.2) is 39.3 Å². The minimum Gasteiger partial charge on any atom is -0.311 e. The number of aryl methyl sites for hydroxylation is 1. The smallest absolute Gasteiger partial charge is 0.197 e. The van der Waals surface area contributed by atoms with E-state index in [1.165, 1.54) is 11.8 Å². The Morgan fingerprint density at radius 1 is 1.50 bits per heavy atom. The van der Waals surface area contributed by atoms with E-state index in [-0.39, 0.29) is 0 Å². The van der Waals surface area contributed by atoms with E-state index in [2.05, 4.69) is 31.1 Å². The maximum Gasteiger partial charge on any atom is 0.197 e. The van der Waals surface area contributed by atoms with E-state index in [9.17, 15) is 0 Å². The Balaban J connectivity index is 2.28. The monoisotopic (exact) mass is 270 g/mol. The molecule has 2 aromatic rings. The van der Waals surface area contributed by atoms with Crippen molar-refractivity contribution in [2.75, 3.05) is 0 Å². The van der Waals surface area contributed by atoms with Gasteiger partial charge in [-0.3, -0.25) is 0 Å². The van der Waals surface area contributed by atoms with Gasteiger partial charge in [0.25, 0.3) is 0 Å². The molecule has 0 saturated carbocycles. The summed E-state index contributed by atoms with van der Waals surface area (Å²) < 4.78 is 2.82. The average molecular weight is 271 g/mol. The van der Waals surface area contributed by atoms with E-state index in [4.69, 9.17) is 0 Å². The first-order chi connectivity index (χ1) is 6.77. The Morgan fingerprint density at radius 3 is 3.00 bits per heavy atom. The molecule has 0 aliphatic heterocycles. The second-order valence-electron chi connectivity index (χ2n) is 2.62. The quantitative estimate of drug-likeness (QED) is 0.839. The largest absolute Gasteiger partial charge is 0.311 e. The molecule has 2 rings (SSSR count). The zero-order chi connectivity index (χ0) is 9.97. The van der Waals surface area contributed by atoms with Crippen LogP contribution in [0.4, 0.5) is 0 Å². The van der Waals surface area contributed by atoms with Crippen LogP contribution in [-0.2, 0) is 7.05 Å². The minimum absolute atomic E-state index is 0.824. The summed E-state index contributed by atoms with van der Waals surface area (Å²) in [5.41, 5.74) is 0. The number of hydrogen-bond donors (Lipinski definition) is 0. The highest BCUT2D eigenvalue weighted by Crippen LogP contribution is 2.29. The second-order valence-corrected chi connectivity index (χ2v) is 4.43. The van der Waals surface area contributed by atoms with Gasteiger partial charge >= 0.3 is 0 Å². The molecule has 0 bridgehead atoms. The number of hydrogen-bond acceptors (Lipinski definition) is 4. The summed E-state index contributed by atoms with van der Waals surface area (Å²) in [6.45, 7) is 0. The Morgan fingerprint density at radius 2 is 2.36 bits per heavy atom. The van der Waals surface area contributed by atoms with E-state index in [0.29, 0.717) is 0 Å². The minimum atomic E-state index is 0.824. The standard InChI is InChI=1S/C8H7BrN4S/c1-13-5-11-12-8(13)14-7-6(9)3-2-4-10-7/h2-5H,1H3. The Hall–Kier alpha value is -0.880. The fraction of sp³-hybridized carbons (Fsp3) is 0.125. The zero-order valence-electron chi connectivity index (χ0n) is 7.38. The van der Waals surface area contributed by atoms with Crippen LogP contribution in [0.1, 0.15) is 0 Å². The zero-order valence-corrected chi connectivity index (χ0v) is 9.79. The lowest BCUT2D eigenvalue weighted by atomic mass is 10.5. The fourth-order valence-corrected chi connectivity index (χ4v) is 2.13. The molecular formula is C8H7BrN4S. The van der Waals surface area contributed by atoms with Gasteiger partial charge in [-0.1, -0.05) is 0 Å². The van der Waals surface area contributed by atoms with Gasteiger partial charge in [-0.15, -0.1) is 10.2 Å². The fourth-order valence-electron chi connectivity index (χ4n) is 0.898. The Labute approximate surface area is 93.9 Å². The van der Waals surface area contributed by atoms with Gasteiger partial charge in [0.2, 0.25) is 0 Å². The Kier molecular flexibility index (Phi) is 2.83. The molecule has 4 nitrogen and oxygen atoms in total. The van der Waals surface area contributed by atoms with Crippen molar-refractivity contribution < 1.29 is 0 Å². The van der Waals surface area contributed by atoms with Gasteiger partial charge in [0, 0.05) is 13.2 Å². The lowest BCUT2D eigenvalue weighted by molar-refractivity contribution is 0.787. The van der Waals surface area contributed by atoms with Crippen LogP contribution in [0.2, 0.25) is 0 Å². The van der Waals surface area contributed by atoms with E-state index in [1.807, 2.05) is 23.7 Å². The van der Waals surface area contributed by atoms with Gasteiger partial charge in [0.05, 0.1) is 4.47 Å². The highest BCUT2D eigenvalue weighted by molar-refractivity contribution is 9.10. The van der Waals surface area contributed by atoms with Crippen molar-refractivity contribution in [2.45, 2.75) is 10.2 Å². The third-order valence-electron chi connectivity index (χ3n) is 1.58. The number of halogens is 1. The molecule has 2 aromatic heterocycles. The molecule has 0 amide bonds. The number of pyridine rings is 1. The molecule has 14 heavy (non-hydrogen) atoms. The van der Waals surface area contributed by atoms with Crippen LogP contribution in [0.25, 0.3) is 0 Å². The SMILES string of the molecule is Cn1cnnc1Sc1ncccc1Br. The van der Waals surface area contributed by atoms with Crippen molar-refractivity contribution in [3.8, 4) is 0 Å². The first-order valence-electron chi connectivity index (χ1n) is 3.90. The maximum atomic E-state index is 4.23. The van der Waals surface area contributed by atoms with Gasteiger partial charge in [-0.2, -0.15) is 0 Å². The van der Waals surface area contributed by atoms with Crippen LogP contribution in [0, 0.1) is 0 Å². The number of aromatic nitrogens is 4. The lowest BCUT2D eigenvalue weighted by Gasteiger charge is -2.00. The molecule has 0 radical (unpaired) electrons. The predicted molar refractivity (Wildman–Crippen MR) is 57.1 cm³/mol. The summed E-state index contributed by atoms with van der Waals surface area (Å²) in [7, 11) is 1.90. The molecule has 0 spiro atoms. The normalized spacial score (nSPS) is 10.4. The average Bonchev–Trinajstić information content (AvgIpc) is 2.56. The molecule has 6 heteroatoms. The molecule has 0 aliphatic carbocycles. The van der Waals surface area contributed by atoms with Crippen molar-refractivity contribution in [3.05, 3.63) is 29.1 Å². The summed E-state index contributed by atoms with van der Waals surface area (Å²) in [5, 5.41) is 9.48. The molecule has 2 heterocycles. The summed E-state index contributed by atoms with van der Waals surface area (Å²) in [4.78, 5) is 4.23. The third kappa shape index (κ3) is 1.96.